The number of aromatic nitrogens is 1. The van der Waals surface area contributed by atoms with Crippen LogP contribution in [-0.2, 0) is 21.6 Å². The second-order valence-corrected chi connectivity index (χ2v) is 13.0. The number of rotatable bonds is 10. The standard InChI is InChI=1S/C32H47N5O5/c1-22(2)18-25(31(40)37-13-9-10-23(37)19-29(38)36-16-14-35(6)15-17-36)34-30(39)24-11-7-8-12-26(24)41-21-28-33-20-27(42-28)32(3,4)5/h7-8,11-12,20,22-23,25H,9-10,13-19,21H2,1-6H3,(H,34,39)/t23-,25+/m0/s1. The van der Waals surface area contributed by atoms with Gasteiger partial charge in [-0.05, 0) is 44.4 Å². The summed E-state index contributed by atoms with van der Waals surface area (Å²) in [6.07, 6.45) is 4.16. The van der Waals surface area contributed by atoms with E-state index in [1.165, 1.54) is 0 Å². The molecule has 2 aliphatic heterocycles. The number of nitrogens with zero attached hydrogens (tertiary/aromatic N) is 4. The molecule has 4 rings (SSSR count). The molecule has 2 atom stereocenters. The van der Waals surface area contributed by atoms with Gasteiger partial charge in [0.2, 0.25) is 17.7 Å². The summed E-state index contributed by atoms with van der Waals surface area (Å²) in [7, 11) is 2.06. The third-order valence-electron chi connectivity index (χ3n) is 8.01. The maximum atomic E-state index is 13.9. The van der Waals surface area contributed by atoms with E-state index in [1.54, 1.807) is 30.5 Å². The lowest BCUT2D eigenvalue weighted by Gasteiger charge is -2.34. The van der Waals surface area contributed by atoms with Gasteiger partial charge >= 0.3 is 0 Å². The lowest BCUT2D eigenvalue weighted by atomic mass is 9.94. The molecule has 1 aromatic heterocycles. The first-order chi connectivity index (χ1) is 19.9. The van der Waals surface area contributed by atoms with Crippen molar-refractivity contribution in [2.45, 2.75) is 84.4 Å². The molecule has 3 heterocycles. The van der Waals surface area contributed by atoms with Gasteiger partial charge in [0, 0.05) is 50.6 Å². The number of likely N-dealkylation sites (N-methyl/N-ethyl adjacent to an activating group) is 1. The van der Waals surface area contributed by atoms with Crippen LogP contribution in [0, 0.1) is 5.92 Å². The van der Waals surface area contributed by atoms with Crippen LogP contribution in [0.2, 0.25) is 0 Å². The first-order valence-electron chi connectivity index (χ1n) is 15.2. The van der Waals surface area contributed by atoms with Crippen molar-refractivity contribution in [3.63, 3.8) is 0 Å². The Bertz CT molecular complexity index is 1230. The summed E-state index contributed by atoms with van der Waals surface area (Å²) in [5, 5.41) is 3.00. The Morgan fingerprint density at radius 2 is 1.81 bits per heavy atom. The van der Waals surface area contributed by atoms with Crippen molar-refractivity contribution < 1.29 is 23.5 Å². The minimum absolute atomic E-state index is 0.0749. The lowest BCUT2D eigenvalue weighted by molar-refractivity contribution is -0.138. The summed E-state index contributed by atoms with van der Waals surface area (Å²) in [5.41, 5.74) is 0.164. The van der Waals surface area contributed by atoms with E-state index in [-0.39, 0.29) is 41.7 Å². The monoisotopic (exact) mass is 581 g/mol. The number of piperazine rings is 1. The highest BCUT2D eigenvalue weighted by atomic mass is 16.5. The van der Waals surface area contributed by atoms with Crippen molar-refractivity contribution in [2.75, 3.05) is 39.8 Å². The molecule has 0 spiro atoms. The van der Waals surface area contributed by atoms with Crippen molar-refractivity contribution in [3.8, 4) is 5.75 Å². The topological polar surface area (TPSA) is 108 Å². The first-order valence-corrected chi connectivity index (χ1v) is 15.2. The number of hydrogen-bond donors (Lipinski definition) is 1. The molecular formula is C32H47N5O5. The molecule has 2 aliphatic rings. The minimum Gasteiger partial charge on any atom is -0.483 e. The lowest BCUT2D eigenvalue weighted by Crippen LogP contribution is -2.52. The smallest absolute Gasteiger partial charge is 0.255 e. The van der Waals surface area contributed by atoms with E-state index in [1.807, 2.05) is 44.4 Å². The minimum atomic E-state index is -0.703. The van der Waals surface area contributed by atoms with Crippen LogP contribution in [-0.4, -0.2) is 89.3 Å². The molecule has 2 fully saturated rings. The van der Waals surface area contributed by atoms with Gasteiger partial charge in [-0.25, -0.2) is 4.98 Å². The fraction of sp³-hybridized carbons (Fsp3) is 0.625. The highest BCUT2D eigenvalue weighted by molar-refractivity contribution is 5.99. The maximum absolute atomic E-state index is 13.9. The second-order valence-electron chi connectivity index (χ2n) is 13.0. The average Bonchev–Trinajstić information content (AvgIpc) is 3.61. The van der Waals surface area contributed by atoms with Crippen molar-refractivity contribution in [1.82, 2.24) is 25.0 Å². The number of hydrogen-bond acceptors (Lipinski definition) is 7. The van der Waals surface area contributed by atoms with Crippen LogP contribution in [0.3, 0.4) is 0 Å². The van der Waals surface area contributed by atoms with Gasteiger partial charge in [0.15, 0.2) is 6.61 Å². The van der Waals surface area contributed by atoms with E-state index >= 15 is 0 Å². The van der Waals surface area contributed by atoms with Crippen LogP contribution in [0.25, 0.3) is 0 Å². The summed E-state index contributed by atoms with van der Waals surface area (Å²) >= 11 is 0. The summed E-state index contributed by atoms with van der Waals surface area (Å²) in [4.78, 5) is 50.7. The average molecular weight is 582 g/mol. The Kier molecular flexibility index (Phi) is 10.3. The Morgan fingerprint density at radius 3 is 2.48 bits per heavy atom. The number of para-hydroxylation sites is 1. The van der Waals surface area contributed by atoms with Crippen LogP contribution in [0.15, 0.2) is 34.9 Å². The molecule has 10 heteroatoms. The quantitative estimate of drug-likeness (QED) is 0.454. The number of amides is 3. The fourth-order valence-corrected chi connectivity index (χ4v) is 5.50. The van der Waals surface area contributed by atoms with E-state index < -0.39 is 6.04 Å². The molecule has 0 bridgehead atoms. The molecule has 0 aliphatic carbocycles. The molecular weight excluding hydrogens is 534 g/mol. The fourth-order valence-electron chi connectivity index (χ4n) is 5.50. The van der Waals surface area contributed by atoms with E-state index in [2.05, 4.69) is 22.2 Å². The normalized spacial score (nSPS) is 18.8. The zero-order chi connectivity index (χ0) is 30.4. The Labute approximate surface area is 249 Å². The molecule has 1 aromatic carbocycles. The Hall–Kier alpha value is -3.40. The zero-order valence-corrected chi connectivity index (χ0v) is 26.0. The Morgan fingerprint density at radius 1 is 1.10 bits per heavy atom. The maximum Gasteiger partial charge on any atom is 0.255 e. The molecule has 0 unspecified atom stereocenters. The second kappa shape index (κ2) is 13.7. The first kappa shape index (κ1) is 31.5. The van der Waals surface area contributed by atoms with E-state index in [0.29, 0.717) is 36.6 Å². The van der Waals surface area contributed by atoms with Gasteiger partial charge in [-0.2, -0.15) is 0 Å². The van der Waals surface area contributed by atoms with Crippen molar-refractivity contribution in [2.24, 2.45) is 5.92 Å². The number of nitrogens with one attached hydrogen (secondary N) is 1. The highest BCUT2D eigenvalue weighted by Crippen LogP contribution is 2.26. The predicted octanol–water partition coefficient (Wildman–Crippen LogP) is 3.85. The number of carbonyl (C=O) groups excluding carboxylic acids is 3. The molecule has 230 valence electrons. The molecule has 0 radical (unpaired) electrons. The van der Waals surface area contributed by atoms with Crippen LogP contribution in [0.5, 0.6) is 5.75 Å². The molecule has 42 heavy (non-hydrogen) atoms. The third-order valence-corrected chi connectivity index (χ3v) is 8.01. The largest absolute Gasteiger partial charge is 0.483 e. The third kappa shape index (κ3) is 8.12. The number of likely N-dealkylation sites (tertiary alicyclic amines) is 1. The molecule has 0 saturated carbocycles. The van der Waals surface area contributed by atoms with Gasteiger partial charge < -0.3 is 29.2 Å². The molecule has 2 saturated heterocycles. The van der Waals surface area contributed by atoms with Gasteiger partial charge in [0.05, 0.1) is 11.8 Å². The SMILES string of the molecule is CC(C)C[C@@H](NC(=O)c1ccccc1OCc1ncc(C(C)(C)C)o1)C(=O)N1CCC[C@H]1CC(=O)N1CCN(C)CC1. The number of ether oxygens (including phenoxy) is 1. The summed E-state index contributed by atoms with van der Waals surface area (Å²) < 4.78 is 11.8. The summed E-state index contributed by atoms with van der Waals surface area (Å²) in [6, 6.07) is 6.12. The summed E-state index contributed by atoms with van der Waals surface area (Å²) in [6.45, 7) is 14.0. The Balaban J connectivity index is 1.42. The molecule has 3 amide bonds. The van der Waals surface area contributed by atoms with E-state index in [0.717, 1.165) is 44.8 Å². The van der Waals surface area contributed by atoms with Gasteiger partial charge in [-0.1, -0.05) is 46.8 Å². The molecule has 10 nitrogen and oxygen atoms in total. The van der Waals surface area contributed by atoms with Gasteiger partial charge in [-0.15, -0.1) is 0 Å². The number of carbonyl (C=O) groups is 3. The zero-order valence-electron chi connectivity index (χ0n) is 26.0. The highest BCUT2D eigenvalue weighted by Gasteiger charge is 2.36. The number of oxazole rings is 1. The van der Waals surface area contributed by atoms with Crippen molar-refractivity contribution in [1.29, 1.82) is 0 Å². The van der Waals surface area contributed by atoms with Gasteiger partial charge in [-0.3, -0.25) is 14.4 Å². The molecule has 2 aromatic rings. The van der Waals surface area contributed by atoms with Crippen LogP contribution < -0.4 is 10.1 Å². The van der Waals surface area contributed by atoms with E-state index in [9.17, 15) is 14.4 Å². The summed E-state index contributed by atoms with van der Waals surface area (Å²) in [5.74, 6) is 1.35. The van der Waals surface area contributed by atoms with Crippen molar-refractivity contribution in [3.05, 3.63) is 47.7 Å². The van der Waals surface area contributed by atoms with Crippen LogP contribution in [0.4, 0.5) is 0 Å². The molecule has 1 N–H and O–H groups in total. The van der Waals surface area contributed by atoms with Gasteiger partial charge in [0.1, 0.15) is 17.6 Å². The van der Waals surface area contributed by atoms with Crippen molar-refractivity contribution >= 4 is 17.7 Å². The predicted molar refractivity (Wildman–Crippen MR) is 160 cm³/mol. The van der Waals surface area contributed by atoms with Gasteiger partial charge in [0.25, 0.3) is 5.91 Å². The number of benzene rings is 1. The van der Waals surface area contributed by atoms with Crippen LogP contribution >= 0.6 is 0 Å². The van der Waals surface area contributed by atoms with Crippen LogP contribution in [0.1, 0.15) is 82.3 Å². The van der Waals surface area contributed by atoms with E-state index in [4.69, 9.17) is 9.15 Å².